The Balaban J connectivity index is 2.59. The summed E-state index contributed by atoms with van der Waals surface area (Å²) < 4.78 is 32.6. The van der Waals surface area contributed by atoms with Crippen molar-refractivity contribution in [3.8, 4) is 5.69 Å². The summed E-state index contributed by atoms with van der Waals surface area (Å²) in [4.78, 5) is 11.8. The lowest BCUT2D eigenvalue weighted by Gasteiger charge is -2.11. The molecule has 2 aromatic rings. The summed E-state index contributed by atoms with van der Waals surface area (Å²) in [6, 6.07) is 5.46. The molecule has 0 aliphatic heterocycles. The number of hydrogen-bond donors (Lipinski definition) is 0. The fraction of sp³-hybridized carbons (Fsp3) is 0.333. The Morgan fingerprint density at radius 2 is 2.10 bits per heavy atom. The highest BCUT2D eigenvalue weighted by atomic mass is 19.3. The van der Waals surface area contributed by atoms with E-state index in [2.05, 4.69) is 5.10 Å². The fourth-order valence-electron chi connectivity index (χ4n) is 2.07. The molecule has 0 saturated carbocycles. The average molecular weight is 294 g/mol. The van der Waals surface area contributed by atoms with Gasteiger partial charge in [-0.1, -0.05) is 12.1 Å². The van der Waals surface area contributed by atoms with Crippen molar-refractivity contribution < 1.29 is 18.3 Å². The van der Waals surface area contributed by atoms with Crippen LogP contribution in [0.4, 0.5) is 8.78 Å². The van der Waals surface area contributed by atoms with Gasteiger partial charge >= 0.3 is 5.97 Å². The molecule has 1 heterocycles. The predicted molar refractivity (Wildman–Crippen MR) is 74.0 cm³/mol. The maximum atomic E-state index is 13.4. The van der Waals surface area contributed by atoms with Gasteiger partial charge in [-0.25, -0.2) is 18.3 Å². The van der Waals surface area contributed by atoms with E-state index in [1.807, 2.05) is 19.1 Å². The number of ether oxygens (including phenoxy) is 1. The summed E-state index contributed by atoms with van der Waals surface area (Å²) in [5.41, 5.74) is 1.60. The van der Waals surface area contributed by atoms with E-state index in [0.717, 1.165) is 22.0 Å². The van der Waals surface area contributed by atoms with Gasteiger partial charge in [0.05, 0.1) is 18.5 Å². The summed E-state index contributed by atoms with van der Waals surface area (Å²) in [5, 5.41) is 3.95. The van der Waals surface area contributed by atoms with Crippen molar-refractivity contribution in [3.05, 3.63) is 46.8 Å². The zero-order chi connectivity index (χ0) is 15.6. The SMILES string of the molecule is CCOC(=O)c1cnn(-c2cc(C)ccc2C)c1C(F)F. The topological polar surface area (TPSA) is 44.1 Å². The van der Waals surface area contributed by atoms with Crippen molar-refractivity contribution in [2.75, 3.05) is 6.61 Å². The van der Waals surface area contributed by atoms with E-state index in [0.29, 0.717) is 5.69 Å². The molecule has 112 valence electrons. The van der Waals surface area contributed by atoms with Crippen LogP contribution in [0.5, 0.6) is 0 Å². The lowest BCUT2D eigenvalue weighted by molar-refractivity contribution is 0.0514. The van der Waals surface area contributed by atoms with Crippen LogP contribution >= 0.6 is 0 Å². The van der Waals surface area contributed by atoms with E-state index >= 15 is 0 Å². The van der Waals surface area contributed by atoms with Gasteiger partial charge in [-0.15, -0.1) is 0 Å². The van der Waals surface area contributed by atoms with Crippen LogP contribution in [0.15, 0.2) is 24.4 Å². The van der Waals surface area contributed by atoms with Gasteiger partial charge in [0.1, 0.15) is 11.3 Å². The van der Waals surface area contributed by atoms with E-state index in [-0.39, 0.29) is 12.2 Å². The maximum absolute atomic E-state index is 13.4. The van der Waals surface area contributed by atoms with E-state index in [4.69, 9.17) is 4.74 Å². The lowest BCUT2D eigenvalue weighted by Crippen LogP contribution is -2.11. The van der Waals surface area contributed by atoms with Crippen LogP contribution in [0.25, 0.3) is 5.69 Å². The normalized spacial score (nSPS) is 11.0. The molecule has 6 heteroatoms. The molecule has 0 aliphatic carbocycles. The molecule has 4 nitrogen and oxygen atoms in total. The van der Waals surface area contributed by atoms with Crippen molar-refractivity contribution in [1.82, 2.24) is 9.78 Å². The van der Waals surface area contributed by atoms with Gasteiger partial charge < -0.3 is 4.74 Å². The fourth-order valence-corrected chi connectivity index (χ4v) is 2.07. The van der Waals surface area contributed by atoms with Gasteiger partial charge in [0.25, 0.3) is 6.43 Å². The van der Waals surface area contributed by atoms with E-state index in [1.165, 1.54) is 0 Å². The van der Waals surface area contributed by atoms with Gasteiger partial charge in [0.15, 0.2) is 0 Å². The maximum Gasteiger partial charge on any atom is 0.341 e. The number of hydrogen-bond acceptors (Lipinski definition) is 3. The predicted octanol–water partition coefficient (Wildman–Crippen LogP) is 3.60. The number of benzene rings is 1. The highest BCUT2D eigenvalue weighted by Gasteiger charge is 2.26. The number of aryl methyl sites for hydroxylation is 2. The molecule has 2 rings (SSSR count). The van der Waals surface area contributed by atoms with Gasteiger partial charge in [0.2, 0.25) is 0 Å². The van der Waals surface area contributed by atoms with Crippen molar-refractivity contribution in [3.63, 3.8) is 0 Å². The second-order valence-corrected chi connectivity index (χ2v) is 4.67. The first-order chi connectivity index (χ1) is 9.95. The number of aromatic nitrogens is 2. The molecular weight excluding hydrogens is 278 g/mol. The summed E-state index contributed by atoms with van der Waals surface area (Å²) in [7, 11) is 0. The molecular formula is C15H16F2N2O2. The Labute approximate surface area is 121 Å². The molecule has 1 aromatic carbocycles. The third kappa shape index (κ3) is 2.94. The summed E-state index contributed by atoms with van der Waals surface area (Å²) in [6.07, 6.45) is -1.70. The number of rotatable bonds is 4. The van der Waals surface area contributed by atoms with Crippen molar-refractivity contribution in [2.24, 2.45) is 0 Å². The molecule has 0 N–H and O–H groups in total. The number of nitrogens with zero attached hydrogens (tertiary/aromatic N) is 2. The first-order valence-electron chi connectivity index (χ1n) is 6.56. The smallest absolute Gasteiger partial charge is 0.341 e. The van der Waals surface area contributed by atoms with Crippen LogP contribution < -0.4 is 0 Å². The molecule has 0 radical (unpaired) electrons. The van der Waals surface area contributed by atoms with Gasteiger partial charge in [-0.2, -0.15) is 5.10 Å². The van der Waals surface area contributed by atoms with Gasteiger partial charge in [0, 0.05) is 0 Å². The molecule has 0 unspecified atom stereocenters. The zero-order valence-electron chi connectivity index (χ0n) is 12.1. The Bertz CT molecular complexity index is 666. The molecule has 21 heavy (non-hydrogen) atoms. The number of halogens is 2. The second-order valence-electron chi connectivity index (χ2n) is 4.67. The van der Waals surface area contributed by atoms with Crippen molar-refractivity contribution in [1.29, 1.82) is 0 Å². The van der Waals surface area contributed by atoms with E-state index in [9.17, 15) is 13.6 Å². The molecule has 0 amide bonds. The van der Waals surface area contributed by atoms with Crippen LogP contribution in [-0.2, 0) is 4.74 Å². The van der Waals surface area contributed by atoms with Crippen molar-refractivity contribution in [2.45, 2.75) is 27.2 Å². The lowest BCUT2D eigenvalue weighted by atomic mass is 10.1. The van der Waals surface area contributed by atoms with Gasteiger partial charge in [-0.05, 0) is 38.0 Å². The van der Waals surface area contributed by atoms with Gasteiger partial charge in [-0.3, -0.25) is 0 Å². The minimum Gasteiger partial charge on any atom is -0.462 e. The first kappa shape index (κ1) is 15.2. The Hall–Kier alpha value is -2.24. The third-order valence-electron chi connectivity index (χ3n) is 3.10. The van der Waals surface area contributed by atoms with E-state index < -0.39 is 18.1 Å². The Kier molecular flexibility index (Phi) is 4.35. The number of esters is 1. The largest absolute Gasteiger partial charge is 0.462 e. The molecule has 0 fully saturated rings. The summed E-state index contributed by atoms with van der Waals surface area (Å²) in [5.74, 6) is -0.788. The average Bonchev–Trinajstić information content (AvgIpc) is 2.86. The first-order valence-corrected chi connectivity index (χ1v) is 6.56. The molecule has 0 bridgehead atoms. The molecule has 0 spiro atoms. The summed E-state index contributed by atoms with van der Waals surface area (Å²) in [6.45, 7) is 5.40. The monoisotopic (exact) mass is 294 g/mol. The zero-order valence-corrected chi connectivity index (χ0v) is 12.1. The molecule has 0 atom stereocenters. The Morgan fingerprint density at radius 1 is 1.38 bits per heavy atom. The summed E-state index contributed by atoms with van der Waals surface area (Å²) >= 11 is 0. The van der Waals surface area contributed by atoms with Crippen LogP contribution in [0, 0.1) is 13.8 Å². The number of carbonyl (C=O) groups excluding carboxylic acids is 1. The number of alkyl halides is 2. The molecule has 0 aliphatic rings. The third-order valence-corrected chi connectivity index (χ3v) is 3.10. The Morgan fingerprint density at radius 3 is 2.71 bits per heavy atom. The van der Waals surface area contributed by atoms with E-state index in [1.54, 1.807) is 19.9 Å². The van der Waals surface area contributed by atoms with Crippen LogP contribution in [-0.4, -0.2) is 22.4 Å². The van der Waals surface area contributed by atoms with Crippen LogP contribution in [0.3, 0.4) is 0 Å². The molecule has 0 saturated heterocycles. The second kappa shape index (κ2) is 6.03. The molecule has 1 aromatic heterocycles. The highest BCUT2D eigenvalue weighted by Crippen LogP contribution is 2.28. The van der Waals surface area contributed by atoms with Crippen molar-refractivity contribution >= 4 is 5.97 Å². The quantitative estimate of drug-likeness (QED) is 0.809. The van der Waals surface area contributed by atoms with Crippen LogP contribution in [0.1, 0.15) is 40.5 Å². The standard InChI is InChI=1S/C15H16F2N2O2/c1-4-21-15(20)11-8-18-19(13(11)14(16)17)12-7-9(2)5-6-10(12)3/h5-8,14H,4H2,1-3H3. The minimum absolute atomic E-state index is 0.121. The highest BCUT2D eigenvalue weighted by molar-refractivity contribution is 5.90. The number of carbonyl (C=O) groups is 1. The van der Waals surface area contributed by atoms with Crippen LogP contribution in [0.2, 0.25) is 0 Å². The minimum atomic E-state index is -2.83.